The van der Waals surface area contributed by atoms with Crippen LogP contribution in [0.15, 0.2) is 23.1 Å². The molecule has 0 heterocycles. The van der Waals surface area contributed by atoms with Crippen LogP contribution in [0.2, 0.25) is 0 Å². The smallest absolute Gasteiger partial charge is 0.161 e. The zero-order valence-electron chi connectivity index (χ0n) is 9.53. The molecule has 0 spiro atoms. The van der Waals surface area contributed by atoms with Gasteiger partial charge in [0.1, 0.15) is 0 Å². The van der Waals surface area contributed by atoms with E-state index in [-0.39, 0.29) is 5.78 Å². The van der Waals surface area contributed by atoms with Crippen LogP contribution < -0.4 is 5.73 Å². The van der Waals surface area contributed by atoms with Crippen LogP contribution in [-0.4, -0.2) is 11.0 Å². The van der Waals surface area contributed by atoms with E-state index in [0.717, 1.165) is 5.25 Å². The topological polar surface area (TPSA) is 43.1 Å². The first-order valence-corrected chi connectivity index (χ1v) is 6.62. The fraction of sp³-hybridized carbons (Fsp3) is 0.462. The summed E-state index contributed by atoms with van der Waals surface area (Å²) in [5, 5.41) is 0.725. The predicted molar refractivity (Wildman–Crippen MR) is 69.0 cm³/mol. The van der Waals surface area contributed by atoms with E-state index < -0.39 is 0 Å². The van der Waals surface area contributed by atoms with Crippen molar-refractivity contribution in [1.29, 1.82) is 0 Å². The standard InChI is InChI=1S/C13H17NOS/c1-9(15)12-8-11(6-7-13(12)14)16-10-4-2-3-5-10/h6-8,10H,2-5,14H2,1H3. The van der Waals surface area contributed by atoms with Crippen molar-refractivity contribution in [2.45, 2.75) is 42.8 Å². The van der Waals surface area contributed by atoms with Gasteiger partial charge in [0.15, 0.2) is 5.78 Å². The van der Waals surface area contributed by atoms with Gasteiger partial charge in [0.25, 0.3) is 0 Å². The normalized spacial score (nSPS) is 16.6. The Morgan fingerprint density at radius 2 is 2.06 bits per heavy atom. The molecule has 0 amide bonds. The van der Waals surface area contributed by atoms with Gasteiger partial charge in [-0.2, -0.15) is 0 Å². The number of Topliss-reactive ketones (excluding diaryl/α,β-unsaturated/α-hetero) is 1. The number of benzene rings is 1. The number of hydrogen-bond acceptors (Lipinski definition) is 3. The number of rotatable bonds is 3. The first kappa shape index (κ1) is 11.5. The predicted octanol–water partition coefficient (Wildman–Crippen LogP) is 3.51. The molecule has 1 aromatic carbocycles. The summed E-state index contributed by atoms with van der Waals surface area (Å²) in [5.74, 6) is 0.0476. The van der Waals surface area contributed by atoms with Gasteiger partial charge in [-0.1, -0.05) is 12.8 Å². The number of anilines is 1. The first-order chi connectivity index (χ1) is 7.66. The number of hydrogen-bond donors (Lipinski definition) is 1. The summed E-state index contributed by atoms with van der Waals surface area (Å²) < 4.78 is 0. The number of nitrogen functional groups attached to an aromatic ring is 1. The van der Waals surface area contributed by atoms with E-state index >= 15 is 0 Å². The molecule has 0 bridgehead atoms. The summed E-state index contributed by atoms with van der Waals surface area (Å²) >= 11 is 1.88. The van der Waals surface area contributed by atoms with Crippen LogP contribution in [0.4, 0.5) is 5.69 Å². The Morgan fingerprint density at radius 3 is 2.69 bits per heavy atom. The van der Waals surface area contributed by atoms with Crippen molar-refractivity contribution in [3.8, 4) is 0 Å². The maximum absolute atomic E-state index is 11.4. The molecule has 3 heteroatoms. The van der Waals surface area contributed by atoms with Gasteiger partial charge >= 0.3 is 0 Å². The Bertz CT molecular complexity index is 397. The largest absolute Gasteiger partial charge is 0.398 e. The van der Waals surface area contributed by atoms with Crippen molar-refractivity contribution in [3.63, 3.8) is 0 Å². The molecule has 0 aromatic heterocycles. The second kappa shape index (κ2) is 4.91. The Morgan fingerprint density at radius 1 is 1.38 bits per heavy atom. The van der Waals surface area contributed by atoms with Crippen LogP contribution >= 0.6 is 11.8 Å². The average Bonchev–Trinajstić information content (AvgIpc) is 2.73. The first-order valence-electron chi connectivity index (χ1n) is 5.74. The highest BCUT2D eigenvalue weighted by molar-refractivity contribution is 8.00. The summed E-state index contributed by atoms with van der Waals surface area (Å²) in [7, 11) is 0. The lowest BCUT2D eigenvalue weighted by Crippen LogP contribution is -2.00. The molecule has 0 radical (unpaired) electrons. The highest BCUT2D eigenvalue weighted by atomic mass is 32.2. The van der Waals surface area contributed by atoms with Gasteiger partial charge in [0.2, 0.25) is 0 Å². The van der Waals surface area contributed by atoms with Gasteiger partial charge in [-0.05, 0) is 38.0 Å². The molecule has 1 saturated carbocycles. The number of thioether (sulfide) groups is 1. The lowest BCUT2D eigenvalue weighted by Gasteiger charge is -2.10. The fourth-order valence-electron chi connectivity index (χ4n) is 2.11. The van der Waals surface area contributed by atoms with Gasteiger partial charge in [-0.15, -0.1) is 11.8 Å². The van der Waals surface area contributed by atoms with Gasteiger partial charge in [0.05, 0.1) is 0 Å². The summed E-state index contributed by atoms with van der Waals surface area (Å²) in [6.07, 6.45) is 5.27. The monoisotopic (exact) mass is 235 g/mol. The molecule has 2 rings (SSSR count). The van der Waals surface area contributed by atoms with Crippen molar-refractivity contribution in [2.24, 2.45) is 0 Å². The number of carbonyl (C=O) groups excluding carboxylic acids is 1. The van der Waals surface area contributed by atoms with Gasteiger partial charge in [0, 0.05) is 21.4 Å². The minimum absolute atomic E-state index is 0.0476. The molecular weight excluding hydrogens is 218 g/mol. The Labute approximate surface area is 101 Å². The third-order valence-corrected chi connectivity index (χ3v) is 4.34. The van der Waals surface area contributed by atoms with Crippen LogP contribution in [0.25, 0.3) is 0 Å². The molecule has 1 aromatic rings. The van der Waals surface area contributed by atoms with Crippen molar-refractivity contribution in [3.05, 3.63) is 23.8 Å². The minimum atomic E-state index is 0.0476. The van der Waals surface area contributed by atoms with Crippen LogP contribution in [0.3, 0.4) is 0 Å². The lowest BCUT2D eigenvalue weighted by atomic mass is 10.1. The molecule has 0 aliphatic heterocycles. The number of ketones is 1. The average molecular weight is 235 g/mol. The quantitative estimate of drug-likeness (QED) is 0.644. The van der Waals surface area contributed by atoms with Crippen LogP contribution in [-0.2, 0) is 0 Å². The second-order valence-corrected chi connectivity index (χ2v) is 5.70. The van der Waals surface area contributed by atoms with E-state index in [1.54, 1.807) is 6.92 Å². The zero-order chi connectivity index (χ0) is 11.5. The molecule has 2 N–H and O–H groups in total. The number of nitrogens with two attached hydrogens (primary N) is 1. The maximum Gasteiger partial charge on any atom is 0.161 e. The molecular formula is C13H17NOS. The zero-order valence-corrected chi connectivity index (χ0v) is 10.3. The highest BCUT2D eigenvalue weighted by Crippen LogP contribution is 2.35. The third kappa shape index (κ3) is 2.59. The molecule has 0 unspecified atom stereocenters. The number of carbonyl (C=O) groups is 1. The SMILES string of the molecule is CC(=O)c1cc(SC2CCCC2)ccc1N. The fourth-order valence-corrected chi connectivity index (χ4v) is 3.40. The molecule has 86 valence electrons. The molecule has 0 saturated heterocycles. The van der Waals surface area contributed by atoms with Crippen molar-refractivity contribution < 1.29 is 4.79 Å². The van der Waals surface area contributed by atoms with Gasteiger partial charge < -0.3 is 5.73 Å². The molecule has 16 heavy (non-hydrogen) atoms. The van der Waals surface area contributed by atoms with Crippen molar-refractivity contribution in [2.75, 3.05) is 5.73 Å². The lowest BCUT2D eigenvalue weighted by molar-refractivity contribution is 0.101. The third-order valence-electron chi connectivity index (χ3n) is 3.01. The van der Waals surface area contributed by atoms with E-state index in [1.165, 1.54) is 30.6 Å². The van der Waals surface area contributed by atoms with Crippen LogP contribution in [0.5, 0.6) is 0 Å². The molecule has 0 atom stereocenters. The highest BCUT2D eigenvalue weighted by Gasteiger charge is 2.16. The Kier molecular flexibility index (Phi) is 3.54. The molecule has 2 nitrogen and oxygen atoms in total. The second-order valence-electron chi connectivity index (χ2n) is 4.33. The van der Waals surface area contributed by atoms with Crippen LogP contribution in [0, 0.1) is 0 Å². The van der Waals surface area contributed by atoms with Crippen LogP contribution in [0.1, 0.15) is 43.0 Å². The Hall–Kier alpha value is -0.960. The van der Waals surface area contributed by atoms with E-state index in [0.29, 0.717) is 11.3 Å². The van der Waals surface area contributed by atoms with E-state index in [2.05, 4.69) is 0 Å². The van der Waals surface area contributed by atoms with Crippen molar-refractivity contribution in [1.82, 2.24) is 0 Å². The Balaban J connectivity index is 2.15. The maximum atomic E-state index is 11.4. The summed E-state index contributed by atoms with van der Waals surface area (Å²) in [5.41, 5.74) is 7.01. The van der Waals surface area contributed by atoms with E-state index in [4.69, 9.17) is 5.73 Å². The summed E-state index contributed by atoms with van der Waals surface area (Å²) in [6.45, 7) is 1.57. The molecule has 1 fully saturated rings. The summed E-state index contributed by atoms with van der Waals surface area (Å²) in [4.78, 5) is 12.5. The van der Waals surface area contributed by atoms with Gasteiger partial charge in [-0.25, -0.2) is 0 Å². The van der Waals surface area contributed by atoms with Gasteiger partial charge in [-0.3, -0.25) is 4.79 Å². The molecule has 1 aliphatic rings. The molecule has 1 aliphatic carbocycles. The van der Waals surface area contributed by atoms with E-state index in [1.807, 2.05) is 30.0 Å². The van der Waals surface area contributed by atoms with Crippen molar-refractivity contribution >= 4 is 23.2 Å². The van der Waals surface area contributed by atoms with E-state index in [9.17, 15) is 4.79 Å². The minimum Gasteiger partial charge on any atom is -0.398 e. The summed E-state index contributed by atoms with van der Waals surface area (Å²) in [6, 6.07) is 5.79.